The number of nitrogens with one attached hydrogen (secondary N) is 1. The normalized spacial score (nSPS) is 15.2. The zero-order chi connectivity index (χ0) is 20.5. The van der Waals surface area contributed by atoms with Gasteiger partial charge in [-0.1, -0.05) is 56.3 Å². The van der Waals surface area contributed by atoms with Crippen LogP contribution >= 0.6 is 0 Å². The van der Waals surface area contributed by atoms with Crippen LogP contribution in [0, 0.1) is 5.92 Å². The van der Waals surface area contributed by atoms with Crippen molar-refractivity contribution in [1.29, 1.82) is 0 Å². The fourth-order valence-corrected chi connectivity index (χ4v) is 3.63. The molecule has 154 valence electrons. The molecular weight excluding hydrogens is 360 g/mol. The maximum Gasteiger partial charge on any atom is 0.228 e. The lowest BCUT2D eigenvalue weighted by Crippen LogP contribution is -2.46. The standard InChI is InChI=1S/C24H32N4O/c1-3-21(4-2)24(29)26-23-13-12-22(19-25-23)28-17-15-27(16-18-28)14-8-11-20-9-6-5-7-10-20/h5-13,19,21H,3-4,14-18H2,1-2H3,(H,25,26,29)/b11-8+. The van der Waals surface area contributed by atoms with Crippen molar-refractivity contribution < 1.29 is 4.79 Å². The zero-order valence-corrected chi connectivity index (χ0v) is 17.6. The molecule has 1 aliphatic heterocycles. The molecule has 2 heterocycles. The minimum absolute atomic E-state index is 0.0560. The minimum Gasteiger partial charge on any atom is -0.368 e. The van der Waals surface area contributed by atoms with E-state index in [9.17, 15) is 4.79 Å². The molecule has 29 heavy (non-hydrogen) atoms. The highest BCUT2D eigenvalue weighted by molar-refractivity contribution is 5.91. The molecular formula is C24H32N4O. The molecule has 1 aliphatic rings. The van der Waals surface area contributed by atoms with Gasteiger partial charge in [-0.2, -0.15) is 0 Å². The SMILES string of the molecule is CCC(CC)C(=O)Nc1ccc(N2CCN(C/C=C/c3ccccc3)CC2)cn1. The van der Waals surface area contributed by atoms with Gasteiger partial charge in [0.15, 0.2) is 0 Å². The van der Waals surface area contributed by atoms with Gasteiger partial charge in [-0.25, -0.2) is 4.98 Å². The van der Waals surface area contributed by atoms with E-state index in [1.807, 2.05) is 32.2 Å². The second-order valence-electron chi connectivity index (χ2n) is 7.51. The van der Waals surface area contributed by atoms with Crippen molar-refractivity contribution in [2.45, 2.75) is 26.7 Å². The number of piperazine rings is 1. The van der Waals surface area contributed by atoms with E-state index in [0.717, 1.165) is 51.3 Å². The molecule has 0 unspecified atom stereocenters. The number of anilines is 2. The number of carbonyl (C=O) groups is 1. The third kappa shape index (κ3) is 6.16. The van der Waals surface area contributed by atoms with Crippen LogP contribution < -0.4 is 10.2 Å². The van der Waals surface area contributed by atoms with Gasteiger partial charge in [0.1, 0.15) is 5.82 Å². The average molecular weight is 393 g/mol. The third-order valence-electron chi connectivity index (χ3n) is 5.57. The topological polar surface area (TPSA) is 48.5 Å². The van der Waals surface area contributed by atoms with E-state index in [1.54, 1.807) is 0 Å². The quantitative estimate of drug-likeness (QED) is 0.728. The van der Waals surface area contributed by atoms with Gasteiger partial charge < -0.3 is 10.2 Å². The monoisotopic (exact) mass is 392 g/mol. The van der Waals surface area contributed by atoms with Crippen molar-refractivity contribution in [3.05, 3.63) is 60.3 Å². The van der Waals surface area contributed by atoms with Crippen LogP contribution in [0.5, 0.6) is 0 Å². The van der Waals surface area contributed by atoms with Crippen molar-refractivity contribution in [3.63, 3.8) is 0 Å². The summed E-state index contributed by atoms with van der Waals surface area (Å²) in [5, 5.41) is 2.93. The van der Waals surface area contributed by atoms with Crippen LogP contribution in [0.25, 0.3) is 6.08 Å². The fraction of sp³-hybridized carbons (Fsp3) is 0.417. The minimum atomic E-state index is 0.0560. The molecule has 0 aliphatic carbocycles. The first-order valence-corrected chi connectivity index (χ1v) is 10.7. The first-order chi connectivity index (χ1) is 14.2. The highest BCUT2D eigenvalue weighted by Crippen LogP contribution is 2.18. The Morgan fingerprint density at radius 2 is 1.79 bits per heavy atom. The summed E-state index contributed by atoms with van der Waals surface area (Å²) in [6, 6.07) is 14.4. The molecule has 1 fully saturated rings. The number of nitrogens with zero attached hydrogens (tertiary/aromatic N) is 3. The molecule has 1 saturated heterocycles. The Morgan fingerprint density at radius 1 is 1.07 bits per heavy atom. The Morgan fingerprint density at radius 3 is 2.41 bits per heavy atom. The number of pyridine rings is 1. The number of hydrogen-bond acceptors (Lipinski definition) is 4. The Kier molecular flexibility index (Phi) is 7.82. The summed E-state index contributed by atoms with van der Waals surface area (Å²) in [4.78, 5) is 21.5. The second kappa shape index (κ2) is 10.8. The van der Waals surface area contributed by atoms with E-state index in [2.05, 4.69) is 62.6 Å². The molecule has 1 aromatic carbocycles. The van der Waals surface area contributed by atoms with E-state index in [1.165, 1.54) is 5.56 Å². The molecule has 3 rings (SSSR count). The summed E-state index contributed by atoms with van der Waals surface area (Å²) in [5.74, 6) is 0.753. The third-order valence-corrected chi connectivity index (χ3v) is 5.57. The van der Waals surface area contributed by atoms with Crippen LogP contribution in [0.15, 0.2) is 54.7 Å². The Balaban J connectivity index is 1.45. The maximum atomic E-state index is 12.2. The van der Waals surface area contributed by atoms with Crippen LogP contribution in [0.3, 0.4) is 0 Å². The number of benzene rings is 1. The first-order valence-electron chi connectivity index (χ1n) is 10.7. The van der Waals surface area contributed by atoms with Crippen molar-refractivity contribution in [1.82, 2.24) is 9.88 Å². The van der Waals surface area contributed by atoms with Crippen LogP contribution in [-0.2, 0) is 4.79 Å². The van der Waals surface area contributed by atoms with Gasteiger partial charge in [0.25, 0.3) is 0 Å². The summed E-state index contributed by atoms with van der Waals surface area (Å²) >= 11 is 0. The first kappa shape index (κ1) is 21.1. The number of amides is 1. The lowest BCUT2D eigenvalue weighted by Gasteiger charge is -2.35. The van der Waals surface area contributed by atoms with E-state index in [-0.39, 0.29) is 11.8 Å². The van der Waals surface area contributed by atoms with Crippen LogP contribution in [0.4, 0.5) is 11.5 Å². The zero-order valence-electron chi connectivity index (χ0n) is 17.6. The van der Waals surface area contributed by atoms with E-state index in [4.69, 9.17) is 0 Å². The van der Waals surface area contributed by atoms with Gasteiger partial charge in [0.05, 0.1) is 11.9 Å². The number of hydrogen-bond donors (Lipinski definition) is 1. The summed E-state index contributed by atoms with van der Waals surface area (Å²) < 4.78 is 0. The predicted molar refractivity (Wildman–Crippen MR) is 121 cm³/mol. The van der Waals surface area contributed by atoms with Gasteiger partial charge in [-0.15, -0.1) is 0 Å². The Labute approximate surface area is 174 Å². The summed E-state index contributed by atoms with van der Waals surface area (Å²) in [6.07, 6.45) is 8.00. The van der Waals surface area contributed by atoms with Crippen molar-refractivity contribution in [3.8, 4) is 0 Å². The number of carbonyl (C=O) groups excluding carboxylic acids is 1. The molecule has 1 aromatic heterocycles. The van der Waals surface area contributed by atoms with Crippen LogP contribution in [-0.4, -0.2) is 48.5 Å². The van der Waals surface area contributed by atoms with Gasteiger partial charge in [0, 0.05) is 38.6 Å². The molecule has 1 N–H and O–H groups in total. The van der Waals surface area contributed by atoms with Gasteiger partial charge in [-0.05, 0) is 30.5 Å². The van der Waals surface area contributed by atoms with Crippen LogP contribution in [0.1, 0.15) is 32.3 Å². The number of rotatable bonds is 8. The molecule has 2 aromatic rings. The van der Waals surface area contributed by atoms with Crippen molar-refractivity contribution >= 4 is 23.5 Å². The maximum absolute atomic E-state index is 12.2. The molecule has 0 radical (unpaired) electrons. The van der Waals surface area contributed by atoms with Gasteiger partial charge >= 0.3 is 0 Å². The van der Waals surface area contributed by atoms with E-state index in [0.29, 0.717) is 5.82 Å². The summed E-state index contributed by atoms with van der Waals surface area (Å²) in [6.45, 7) is 9.10. The smallest absolute Gasteiger partial charge is 0.228 e. The van der Waals surface area contributed by atoms with Crippen LogP contribution in [0.2, 0.25) is 0 Å². The highest BCUT2D eigenvalue weighted by Gasteiger charge is 2.17. The summed E-state index contributed by atoms with van der Waals surface area (Å²) in [7, 11) is 0. The summed E-state index contributed by atoms with van der Waals surface area (Å²) in [5.41, 5.74) is 2.36. The molecule has 5 nitrogen and oxygen atoms in total. The fourth-order valence-electron chi connectivity index (χ4n) is 3.63. The lowest BCUT2D eigenvalue weighted by atomic mass is 10.0. The Bertz CT molecular complexity index is 776. The van der Waals surface area contributed by atoms with E-state index >= 15 is 0 Å². The lowest BCUT2D eigenvalue weighted by molar-refractivity contribution is -0.120. The largest absolute Gasteiger partial charge is 0.368 e. The number of aromatic nitrogens is 1. The van der Waals surface area contributed by atoms with Crippen molar-refractivity contribution in [2.24, 2.45) is 5.92 Å². The highest BCUT2D eigenvalue weighted by atomic mass is 16.1. The Hall–Kier alpha value is -2.66. The average Bonchev–Trinajstić information content (AvgIpc) is 2.76. The molecule has 5 heteroatoms. The molecule has 1 amide bonds. The molecule has 0 bridgehead atoms. The van der Waals surface area contributed by atoms with E-state index < -0.39 is 0 Å². The predicted octanol–water partition coefficient (Wildman–Crippen LogP) is 4.29. The molecule has 0 spiro atoms. The van der Waals surface area contributed by atoms with Gasteiger partial charge in [0.2, 0.25) is 5.91 Å². The van der Waals surface area contributed by atoms with Crippen molar-refractivity contribution in [2.75, 3.05) is 42.9 Å². The van der Waals surface area contributed by atoms with Gasteiger partial charge in [-0.3, -0.25) is 9.69 Å². The second-order valence-corrected chi connectivity index (χ2v) is 7.51. The molecule has 0 saturated carbocycles. The molecule has 0 atom stereocenters.